The fourth-order valence-electron chi connectivity index (χ4n) is 3.23. The molecule has 0 atom stereocenters. The van der Waals surface area contributed by atoms with Crippen LogP contribution in [0.5, 0.6) is 0 Å². The van der Waals surface area contributed by atoms with Crippen molar-refractivity contribution < 1.29 is 14.3 Å². The fraction of sp³-hybridized carbons (Fsp3) is 0.269. The van der Waals surface area contributed by atoms with Crippen molar-refractivity contribution in [3.05, 3.63) is 83.0 Å². The summed E-state index contributed by atoms with van der Waals surface area (Å²) in [6.07, 6.45) is 1.09. The highest BCUT2D eigenvalue weighted by molar-refractivity contribution is 7.98. The molecule has 0 spiro atoms. The van der Waals surface area contributed by atoms with Gasteiger partial charge in [0.1, 0.15) is 11.4 Å². The molecule has 1 aromatic heterocycles. The Hall–Kier alpha value is -3.32. The predicted octanol–water partition coefficient (Wildman–Crippen LogP) is 6.59. The van der Waals surface area contributed by atoms with Crippen molar-refractivity contribution in [3.63, 3.8) is 0 Å². The second kappa shape index (κ2) is 10.5. The highest BCUT2D eigenvalue weighted by Crippen LogP contribution is 2.28. The molecule has 0 bridgehead atoms. The van der Waals surface area contributed by atoms with Gasteiger partial charge in [0.05, 0.1) is 5.56 Å². The number of nitrogens with one attached hydrogen (secondary N) is 2. The average Bonchev–Trinajstić information content (AvgIpc) is 2.70. The number of carbonyl (C=O) groups excluding carboxylic acids is 2. The van der Waals surface area contributed by atoms with Crippen molar-refractivity contribution >= 4 is 35.3 Å². The van der Waals surface area contributed by atoms with Gasteiger partial charge >= 0.3 is 6.09 Å². The third-order valence-electron chi connectivity index (χ3n) is 4.46. The lowest BCUT2D eigenvalue weighted by atomic mass is 10.1. The Balaban J connectivity index is 1.68. The molecule has 3 aromatic rings. The number of aromatic nitrogens is 1. The minimum absolute atomic E-state index is 0.148. The lowest BCUT2D eigenvalue weighted by molar-refractivity contribution is 0.0635. The Morgan fingerprint density at radius 2 is 1.67 bits per heavy atom. The summed E-state index contributed by atoms with van der Waals surface area (Å²) in [6, 6.07) is 17.2. The number of ether oxygens (including phenoxy) is 1. The normalized spacial score (nSPS) is 11.1. The van der Waals surface area contributed by atoms with E-state index >= 15 is 0 Å². The zero-order valence-electron chi connectivity index (χ0n) is 19.6. The number of anilines is 2. The zero-order valence-corrected chi connectivity index (χ0v) is 20.4. The van der Waals surface area contributed by atoms with Crippen LogP contribution in [0.3, 0.4) is 0 Å². The Morgan fingerprint density at radius 1 is 0.970 bits per heavy atom. The van der Waals surface area contributed by atoms with Crippen molar-refractivity contribution in [2.24, 2.45) is 0 Å². The van der Waals surface area contributed by atoms with Gasteiger partial charge in [-0.1, -0.05) is 18.2 Å². The van der Waals surface area contributed by atoms with Crippen molar-refractivity contribution in [3.8, 4) is 0 Å². The van der Waals surface area contributed by atoms with Crippen LogP contribution in [0.15, 0.2) is 65.7 Å². The highest BCUT2D eigenvalue weighted by Gasteiger charge is 2.17. The number of pyridine rings is 1. The molecule has 0 aliphatic carbocycles. The van der Waals surface area contributed by atoms with Gasteiger partial charge in [0.15, 0.2) is 0 Å². The maximum absolute atomic E-state index is 13.0. The molecule has 2 amide bonds. The standard InChI is InChI=1S/C26H29N3O3S/c1-17-12-18(2)14-20(13-17)28-24(30)21-8-6-7-9-22(21)33-16-19-10-11-27-23(15-19)29-25(31)32-26(3,4)5/h6-15H,16H2,1-5H3,(H,28,30)(H,27,29,31). The summed E-state index contributed by atoms with van der Waals surface area (Å²) in [5, 5.41) is 5.66. The first kappa shape index (κ1) is 24.3. The molecule has 2 N–H and O–H groups in total. The monoisotopic (exact) mass is 463 g/mol. The van der Waals surface area contributed by atoms with Crippen LogP contribution in [0.4, 0.5) is 16.3 Å². The number of carbonyl (C=O) groups is 2. The van der Waals surface area contributed by atoms with Crippen molar-refractivity contribution in [2.45, 2.75) is 50.9 Å². The average molecular weight is 464 g/mol. The second-order valence-corrected chi connectivity index (χ2v) is 9.81. The molecule has 0 radical (unpaired) electrons. The number of nitrogens with zero attached hydrogens (tertiary/aromatic N) is 1. The van der Waals surface area contributed by atoms with E-state index in [2.05, 4.69) is 21.7 Å². The summed E-state index contributed by atoms with van der Waals surface area (Å²) in [5.41, 5.74) is 3.97. The number of hydrogen-bond donors (Lipinski definition) is 2. The molecule has 0 fully saturated rings. The summed E-state index contributed by atoms with van der Waals surface area (Å²) >= 11 is 1.55. The van der Waals surface area contributed by atoms with Crippen molar-refractivity contribution in [1.29, 1.82) is 0 Å². The lowest BCUT2D eigenvalue weighted by Gasteiger charge is -2.19. The summed E-state index contributed by atoms with van der Waals surface area (Å²) in [6.45, 7) is 9.43. The van der Waals surface area contributed by atoms with E-state index in [4.69, 9.17) is 4.74 Å². The van der Waals surface area contributed by atoms with E-state index in [0.717, 1.165) is 27.3 Å². The summed E-state index contributed by atoms with van der Waals surface area (Å²) < 4.78 is 5.28. The largest absolute Gasteiger partial charge is 0.444 e. The first-order valence-corrected chi connectivity index (χ1v) is 11.6. The first-order valence-electron chi connectivity index (χ1n) is 10.7. The second-order valence-electron chi connectivity index (χ2n) is 8.79. The van der Waals surface area contributed by atoms with E-state index in [1.165, 1.54) is 0 Å². The van der Waals surface area contributed by atoms with Crippen LogP contribution < -0.4 is 10.6 Å². The lowest BCUT2D eigenvalue weighted by Crippen LogP contribution is -2.27. The van der Waals surface area contributed by atoms with Crippen LogP contribution in [-0.4, -0.2) is 22.6 Å². The molecule has 33 heavy (non-hydrogen) atoms. The molecular formula is C26H29N3O3S. The fourth-order valence-corrected chi connectivity index (χ4v) is 4.22. The number of benzene rings is 2. The molecule has 0 saturated heterocycles. The molecule has 7 heteroatoms. The quantitative estimate of drug-likeness (QED) is 0.403. The topological polar surface area (TPSA) is 80.3 Å². The molecule has 172 valence electrons. The van der Waals surface area contributed by atoms with E-state index in [1.54, 1.807) is 44.8 Å². The van der Waals surface area contributed by atoms with E-state index in [1.807, 2.05) is 56.3 Å². The summed E-state index contributed by atoms with van der Waals surface area (Å²) in [4.78, 5) is 30.0. The van der Waals surface area contributed by atoms with Gasteiger partial charge in [-0.2, -0.15) is 0 Å². The van der Waals surface area contributed by atoms with Crippen LogP contribution in [0.2, 0.25) is 0 Å². The number of aryl methyl sites for hydroxylation is 2. The van der Waals surface area contributed by atoms with Crippen LogP contribution in [-0.2, 0) is 10.5 Å². The van der Waals surface area contributed by atoms with Gasteiger partial charge < -0.3 is 10.1 Å². The molecular weight excluding hydrogens is 434 g/mol. The number of thioether (sulfide) groups is 1. The Kier molecular flexibility index (Phi) is 7.76. The molecule has 3 rings (SSSR count). The predicted molar refractivity (Wildman–Crippen MR) is 134 cm³/mol. The van der Waals surface area contributed by atoms with Gasteiger partial charge in [-0.15, -0.1) is 11.8 Å². The van der Waals surface area contributed by atoms with Crippen LogP contribution in [0.25, 0.3) is 0 Å². The van der Waals surface area contributed by atoms with E-state index in [-0.39, 0.29) is 5.91 Å². The van der Waals surface area contributed by atoms with Gasteiger partial charge in [0.25, 0.3) is 5.91 Å². The number of amides is 2. The van der Waals surface area contributed by atoms with Gasteiger partial charge in [0, 0.05) is 22.5 Å². The molecule has 1 heterocycles. The van der Waals surface area contributed by atoms with Gasteiger partial charge in [-0.05, 0) is 87.7 Å². The van der Waals surface area contributed by atoms with Crippen LogP contribution in [0, 0.1) is 13.8 Å². The minimum atomic E-state index is -0.584. The van der Waals surface area contributed by atoms with E-state index < -0.39 is 11.7 Å². The maximum Gasteiger partial charge on any atom is 0.413 e. The van der Waals surface area contributed by atoms with Gasteiger partial charge in [-0.3, -0.25) is 10.1 Å². The minimum Gasteiger partial charge on any atom is -0.444 e. The third-order valence-corrected chi connectivity index (χ3v) is 5.60. The highest BCUT2D eigenvalue weighted by atomic mass is 32.2. The van der Waals surface area contributed by atoms with Crippen LogP contribution >= 0.6 is 11.8 Å². The van der Waals surface area contributed by atoms with Crippen molar-refractivity contribution in [1.82, 2.24) is 4.98 Å². The molecule has 0 saturated carbocycles. The number of hydrogen-bond acceptors (Lipinski definition) is 5. The number of rotatable bonds is 6. The van der Waals surface area contributed by atoms with E-state index in [9.17, 15) is 9.59 Å². The Morgan fingerprint density at radius 3 is 2.36 bits per heavy atom. The Bertz CT molecular complexity index is 1140. The first-order chi connectivity index (χ1) is 15.6. The van der Waals surface area contributed by atoms with Gasteiger partial charge in [0.2, 0.25) is 0 Å². The smallest absolute Gasteiger partial charge is 0.413 e. The third kappa shape index (κ3) is 7.64. The Labute approximate surface area is 199 Å². The van der Waals surface area contributed by atoms with Crippen LogP contribution in [0.1, 0.15) is 47.8 Å². The molecule has 0 aliphatic heterocycles. The summed E-state index contributed by atoms with van der Waals surface area (Å²) in [5.74, 6) is 0.882. The van der Waals surface area contributed by atoms with Gasteiger partial charge in [-0.25, -0.2) is 9.78 Å². The zero-order chi connectivity index (χ0) is 24.0. The maximum atomic E-state index is 13.0. The van der Waals surface area contributed by atoms with E-state index in [0.29, 0.717) is 17.1 Å². The summed E-state index contributed by atoms with van der Waals surface area (Å²) in [7, 11) is 0. The molecule has 0 unspecified atom stereocenters. The molecule has 6 nitrogen and oxygen atoms in total. The molecule has 2 aromatic carbocycles. The molecule has 0 aliphatic rings. The SMILES string of the molecule is Cc1cc(C)cc(NC(=O)c2ccccc2SCc2ccnc(NC(=O)OC(C)(C)C)c2)c1. The van der Waals surface area contributed by atoms with Crippen molar-refractivity contribution in [2.75, 3.05) is 10.6 Å².